The van der Waals surface area contributed by atoms with Gasteiger partial charge in [-0.1, -0.05) is 232 Å². The summed E-state index contributed by atoms with van der Waals surface area (Å²) in [5.41, 5.74) is 0. The quantitative estimate of drug-likeness (QED) is 0.0211. The van der Waals surface area contributed by atoms with Gasteiger partial charge in [0.1, 0.15) is 19.8 Å². The first kappa shape index (κ1) is 68.4. The third-order valence-corrected chi connectivity index (χ3v) is 12.5. The van der Waals surface area contributed by atoms with Gasteiger partial charge in [-0.05, 0) is 83.5 Å². The van der Waals surface area contributed by atoms with Crippen molar-refractivity contribution in [2.75, 3.05) is 47.5 Å². The molecule has 0 aromatic rings. The summed E-state index contributed by atoms with van der Waals surface area (Å²) < 4.78 is 34.3. The average molecular weight is 1020 g/mol. The van der Waals surface area contributed by atoms with E-state index in [1.54, 1.807) is 6.08 Å². The van der Waals surface area contributed by atoms with Crippen LogP contribution in [0, 0.1) is 0 Å². The second kappa shape index (κ2) is 52.3. The third kappa shape index (κ3) is 55.7. The Kier molecular flexibility index (Phi) is 49.7. The molecule has 0 aliphatic rings. The highest BCUT2D eigenvalue weighted by Gasteiger charge is 2.27. The maximum absolute atomic E-state index is 12.8. The van der Waals surface area contributed by atoms with Crippen LogP contribution in [0.4, 0.5) is 0 Å². The normalized spacial score (nSPS) is 14.2. The Labute approximate surface area is 441 Å². The van der Waals surface area contributed by atoms with Gasteiger partial charge in [-0.25, -0.2) is 4.57 Å². The van der Waals surface area contributed by atoms with Crippen molar-refractivity contribution in [2.24, 2.45) is 0 Å². The molecule has 0 aliphatic carbocycles. The van der Waals surface area contributed by atoms with E-state index in [-0.39, 0.29) is 26.1 Å². The van der Waals surface area contributed by atoms with Gasteiger partial charge in [0.15, 0.2) is 6.10 Å². The zero-order valence-corrected chi connectivity index (χ0v) is 47.3. The number of ether oxygens (including phenoxy) is 2. The van der Waals surface area contributed by atoms with Crippen LogP contribution in [0.2, 0.25) is 0 Å². The van der Waals surface area contributed by atoms with Crippen LogP contribution in [0.5, 0.6) is 0 Å². The van der Waals surface area contributed by atoms with E-state index in [2.05, 4.69) is 117 Å². The largest absolute Gasteiger partial charge is 0.472 e. The van der Waals surface area contributed by atoms with Crippen molar-refractivity contribution in [3.63, 3.8) is 0 Å². The van der Waals surface area contributed by atoms with Gasteiger partial charge in [-0.2, -0.15) is 0 Å². The lowest BCUT2D eigenvalue weighted by molar-refractivity contribution is -0.870. The molecule has 0 heterocycles. The summed E-state index contributed by atoms with van der Waals surface area (Å²) in [7, 11) is 1.42. The molecule has 2 unspecified atom stereocenters. The molecule has 0 aromatic carbocycles. The van der Waals surface area contributed by atoms with Crippen molar-refractivity contribution in [3.05, 3.63) is 122 Å². The summed E-state index contributed by atoms with van der Waals surface area (Å²) >= 11 is 0. The molecule has 0 saturated heterocycles. The van der Waals surface area contributed by atoms with Gasteiger partial charge < -0.3 is 18.9 Å². The van der Waals surface area contributed by atoms with Gasteiger partial charge in [0, 0.05) is 6.42 Å². The maximum atomic E-state index is 12.8. The Hall–Kier alpha value is -3.59. The number of carbonyl (C=O) groups is 2. The highest BCUT2D eigenvalue weighted by atomic mass is 31.2. The van der Waals surface area contributed by atoms with E-state index in [9.17, 15) is 19.0 Å². The van der Waals surface area contributed by atoms with Crippen molar-refractivity contribution in [3.8, 4) is 0 Å². The van der Waals surface area contributed by atoms with Crippen LogP contribution in [0.15, 0.2) is 122 Å². The molecule has 0 fully saturated rings. The lowest BCUT2D eigenvalue weighted by Crippen LogP contribution is -2.37. The molecule has 72 heavy (non-hydrogen) atoms. The third-order valence-electron chi connectivity index (χ3n) is 11.5. The molecule has 410 valence electrons. The van der Waals surface area contributed by atoms with Crippen LogP contribution < -0.4 is 0 Å². The number of esters is 2. The Bertz CT molecular complexity index is 1630. The first-order valence-corrected chi connectivity index (χ1v) is 29.8. The number of phosphoric acid groups is 1. The Morgan fingerprint density at radius 3 is 1.18 bits per heavy atom. The number of allylic oxidation sites excluding steroid dienone is 19. The standard InChI is InChI=1S/C62H104NO8P/c1-6-8-10-12-14-16-18-20-22-23-24-25-26-27-28-29-30-31-32-33-34-35-36-37-38-39-41-43-45-47-49-51-53-55-62(65)71-60(59-70-72(66,67)69-57-56-63(3,4)5)58-68-61(64)54-52-50-48-46-44-42-40-21-19-17-15-13-11-9-7-2/h8-11,14-17,20-22,24-25,27-28,40,44,46,50,52,60H,6-7,12-13,18-19,23,26,29-39,41-43,45,47-49,51,53-59H2,1-5H3/p+1/b10-8-,11-9-,16-14-,17-15-,22-20-,25-24-,28-27-,40-21-,46-44-,52-50-. The van der Waals surface area contributed by atoms with Crippen molar-refractivity contribution in [2.45, 2.75) is 213 Å². The number of phosphoric ester groups is 1. The van der Waals surface area contributed by atoms with Gasteiger partial charge in [0.25, 0.3) is 0 Å². The van der Waals surface area contributed by atoms with E-state index in [0.717, 1.165) is 77.0 Å². The van der Waals surface area contributed by atoms with E-state index >= 15 is 0 Å². The number of rotatable bonds is 50. The molecular formula is C62H105NO8P+. The summed E-state index contributed by atoms with van der Waals surface area (Å²) in [6, 6.07) is 0. The first-order valence-electron chi connectivity index (χ1n) is 28.3. The van der Waals surface area contributed by atoms with E-state index in [1.165, 1.54) is 89.9 Å². The second-order valence-electron chi connectivity index (χ2n) is 19.6. The molecule has 0 spiro atoms. The molecular weight excluding hydrogens is 918 g/mol. The molecule has 0 aromatic heterocycles. The predicted octanol–water partition coefficient (Wildman–Crippen LogP) is 17.6. The fourth-order valence-electron chi connectivity index (χ4n) is 7.23. The van der Waals surface area contributed by atoms with Crippen LogP contribution in [0.1, 0.15) is 206 Å². The molecule has 0 radical (unpaired) electrons. The van der Waals surface area contributed by atoms with Crippen LogP contribution in [-0.2, 0) is 32.7 Å². The van der Waals surface area contributed by atoms with Gasteiger partial charge in [0.2, 0.25) is 0 Å². The molecule has 1 N–H and O–H groups in total. The minimum atomic E-state index is -4.41. The van der Waals surface area contributed by atoms with E-state index in [1.807, 2.05) is 33.3 Å². The topological polar surface area (TPSA) is 108 Å². The van der Waals surface area contributed by atoms with E-state index in [0.29, 0.717) is 23.9 Å². The summed E-state index contributed by atoms with van der Waals surface area (Å²) in [6.07, 6.45) is 74.6. The summed E-state index contributed by atoms with van der Waals surface area (Å²) in [5.74, 6) is -0.950. The number of nitrogens with zero attached hydrogens (tertiary/aromatic N) is 1. The van der Waals surface area contributed by atoms with Crippen molar-refractivity contribution < 1.29 is 42.1 Å². The van der Waals surface area contributed by atoms with Crippen LogP contribution >= 0.6 is 7.82 Å². The van der Waals surface area contributed by atoms with Gasteiger partial charge in [0.05, 0.1) is 34.2 Å². The lowest BCUT2D eigenvalue weighted by atomic mass is 10.0. The molecule has 0 bridgehead atoms. The minimum Gasteiger partial charge on any atom is -0.461 e. The predicted molar refractivity (Wildman–Crippen MR) is 307 cm³/mol. The van der Waals surface area contributed by atoms with E-state index in [4.69, 9.17) is 18.5 Å². The molecule has 0 aliphatic heterocycles. The van der Waals surface area contributed by atoms with Crippen molar-refractivity contribution in [1.29, 1.82) is 0 Å². The van der Waals surface area contributed by atoms with Crippen LogP contribution in [-0.4, -0.2) is 74.9 Å². The molecule has 0 saturated carbocycles. The van der Waals surface area contributed by atoms with Crippen molar-refractivity contribution >= 4 is 19.8 Å². The SMILES string of the molecule is CC/C=C\C/C=C\C/C=C\C/C=C\C/C=C\CCCCCCCCCCCCCCCCCCCC(=O)OC(COC(=O)C/C=C\C/C=C\C/C=C\C/C=C\C/C=C\CC)COP(=O)(O)OCC[N+](C)(C)C. The molecule has 0 amide bonds. The fraction of sp³-hybridized carbons (Fsp3) is 0.645. The van der Waals surface area contributed by atoms with E-state index < -0.39 is 32.5 Å². The van der Waals surface area contributed by atoms with Gasteiger partial charge >= 0.3 is 19.8 Å². The Morgan fingerprint density at radius 1 is 0.444 bits per heavy atom. The zero-order chi connectivity index (χ0) is 52.7. The van der Waals surface area contributed by atoms with Gasteiger partial charge in [-0.3, -0.25) is 18.6 Å². The first-order chi connectivity index (χ1) is 35.0. The molecule has 10 heteroatoms. The Balaban J connectivity index is 4.14. The average Bonchev–Trinajstić information content (AvgIpc) is 3.34. The summed E-state index contributed by atoms with van der Waals surface area (Å²) in [5, 5.41) is 0. The number of hydrogen-bond donors (Lipinski definition) is 1. The number of hydrogen-bond acceptors (Lipinski definition) is 7. The van der Waals surface area contributed by atoms with Crippen molar-refractivity contribution in [1.82, 2.24) is 0 Å². The Morgan fingerprint density at radius 2 is 0.792 bits per heavy atom. The lowest BCUT2D eigenvalue weighted by Gasteiger charge is -2.24. The molecule has 9 nitrogen and oxygen atoms in total. The number of quaternary nitrogens is 1. The monoisotopic (exact) mass is 1020 g/mol. The van der Waals surface area contributed by atoms with Gasteiger partial charge in [-0.15, -0.1) is 0 Å². The highest BCUT2D eigenvalue weighted by Crippen LogP contribution is 2.43. The highest BCUT2D eigenvalue weighted by molar-refractivity contribution is 7.47. The van der Waals surface area contributed by atoms with Crippen LogP contribution in [0.3, 0.4) is 0 Å². The number of likely N-dealkylation sites (N-methyl/N-ethyl adjacent to an activating group) is 1. The number of carbonyl (C=O) groups excluding carboxylic acids is 2. The minimum absolute atomic E-state index is 0.0131. The fourth-order valence-corrected chi connectivity index (χ4v) is 7.97. The molecule has 2 atom stereocenters. The molecule has 0 rings (SSSR count). The maximum Gasteiger partial charge on any atom is 0.472 e. The summed E-state index contributed by atoms with van der Waals surface area (Å²) in [4.78, 5) is 35.5. The smallest absolute Gasteiger partial charge is 0.461 e. The number of unbranched alkanes of at least 4 members (excludes halogenated alkanes) is 17. The second-order valence-corrected chi connectivity index (χ2v) is 21.0. The van der Waals surface area contributed by atoms with Crippen LogP contribution in [0.25, 0.3) is 0 Å². The zero-order valence-electron chi connectivity index (χ0n) is 46.4. The summed E-state index contributed by atoms with van der Waals surface area (Å²) in [6.45, 7) is 4.08.